The first-order valence-corrected chi connectivity index (χ1v) is 6.75. The fourth-order valence-corrected chi connectivity index (χ4v) is 2.44. The van der Waals surface area contributed by atoms with Crippen LogP contribution in [0.5, 0.6) is 0 Å². The Morgan fingerprint density at radius 3 is 2.87 bits per heavy atom. The molecule has 0 radical (unpaired) electrons. The molecule has 1 fully saturated rings. The molecule has 0 spiro atoms. The Bertz CT molecular complexity index is 278. The van der Waals surface area contributed by atoms with Gasteiger partial charge in [-0.05, 0) is 31.2 Å². The quantitative estimate of drug-likeness (QED) is 0.803. The summed E-state index contributed by atoms with van der Waals surface area (Å²) in [4.78, 5) is 4.37. The Morgan fingerprint density at radius 2 is 2.33 bits per heavy atom. The Labute approximate surface area is 96.1 Å². The van der Waals surface area contributed by atoms with Crippen LogP contribution in [-0.2, 0) is 6.42 Å². The molecule has 1 aromatic rings. The van der Waals surface area contributed by atoms with Crippen LogP contribution in [0.2, 0.25) is 0 Å². The van der Waals surface area contributed by atoms with E-state index in [-0.39, 0.29) is 0 Å². The highest BCUT2D eigenvalue weighted by atomic mass is 32.1. The minimum atomic E-state index is 0.733. The van der Waals surface area contributed by atoms with Crippen LogP contribution in [0, 0.1) is 11.8 Å². The first-order chi connectivity index (χ1) is 7.25. The summed E-state index contributed by atoms with van der Waals surface area (Å²) in [5.74, 6) is 1.47. The van der Waals surface area contributed by atoms with E-state index in [1.165, 1.54) is 17.8 Å². The smallest absolute Gasteiger partial charge is 0.0928 e. The van der Waals surface area contributed by atoms with Gasteiger partial charge in [0.2, 0.25) is 0 Å². The molecule has 1 atom stereocenters. The van der Waals surface area contributed by atoms with Crippen molar-refractivity contribution < 1.29 is 0 Å². The highest BCUT2D eigenvalue weighted by Gasteiger charge is 2.23. The Balaban J connectivity index is 1.81. The minimum Gasteiger partial charge on any atom is -0.314 e. The van der Waals surface area contributed by atoms with Crippen LogP contribution in [0.4, 0.5) is 0 Å². The van der Waals surface area contributed by atoms with Crippen molar-refractivity contribution in [2.75, 3.05) is 6.54 Å². The predicted molar refractivity (Wildman–Crippen MR) is 65.2 cm³/mol. The first kappa shape index (κ1) is 11.1. The van der Waals surface area contributed by atoms with Crippen molar-refractivity contribution in [3.05, 3.63) is 16.6 Å². The molecule has 2 nitrogen and oxygen atoms in total. The van der Waals surface area contributed by atoms with Gasteiger partial charge in [0.15, 0.2) is 0 Å². The molecule has 0 saturated heterocycles. The Morgan fingerprint density at radius 1 is 1.53 bits per heavy atom. The molecular formula is C12H20N2S. The van der Waals surface area contributed by atoms with Crippen molar-refractivity contribution in [1.82, 2.24) is 10.3 Å². The molecule has 0 bridgehead atoms. The van der Waals surface area contributed by atoms with Gasteiger partial charge in [-0.2, -0.15) is 0 Å². The third-order valence-corrected chi connectivity index (χ3v) is 3.91. The van der Waals surface area contributed by atoms with Gasteiger partial charge in [0.25, 0.3) is 0 Å². The lowest BCUT2D eigenvalue weighted by molar-refractivity contribution is 0.359. The van der Waals surface area contributed by atoms with Crippen LogP contribution in [0.1, 0.15) is 31.7 Å². The molecule has 0 aliphatic heterocycles. The molecule has 0 amide bonds. The molecule has 1 aliphatic carbocycles. The van der Waals surface area contributed by atoms with Crippen LogP contribution in [-0.4, -0.2) is 17.6 Å². The van der Waals surface area contributed by atoms with Crippen LogP contribution < -0.4 is 5.32 Å². The largest absolute Gasteiger partial charge is 0.314 e. The SMILES string of the molecule is CC(C)C(CNC1CC1)Cc1nccs1. The number of nitrogens with one attached hydrogen (secondary N) is 1. The molecular weight excluding hydrogens is 204 g/mol. The van der Waals surface area contributed by atoms with Gasteiger partial charge >= 0.3 is 0 Å². The van der Waals surface area contributed by atoms with E-state index in [4.69, 9.17) is 0 Å². The summed E-state index contributed by atoms with van der Waals surface area (Å²) in [6.07, 6.45) is 5.80. The lowest BCUT2D eigenvalue weighted by atomic mass is 9.93. The molecule has 3 heteroatoms. The summed E-state index contributed by atoms with van der Waals surface area (Å²) in [5.41, 5.74) is 0. The zero-order valence-corrected chi connectivity index (χ0v) is 10.4. The second-order valence-corrected chi connectivity index (χ2v) is 5.80. The molecule has 84 valence electrons. The zero-order chi connectivity index (χ0) is 10.7. The summed E-state index contributed by atoms with van der Waals surface area (Å²) in [6, 6.07) is 0.822. The van der Waals surface area contributed by atoms with Crippen molar-refractivity contribution in [1.29, 1.82) is 0 Å². The second kappa shape index (κ2) is 5.08. The van der Waals surface area contributed by atoms with E-state index in [9.17, 15) is 0 Å². The van der Waals surface area contributed by atoms with Gasteiger partial charge < -0.3 is 5.32 Å². The van der Waals surface area contributed by atoms with E-state index in [1.807, 2.05) is 6.20 Å². The maximum Gasteiger partial charge on any atom is 0.0928 e. The van der Waals surface area contributed by atoms with Crippen molar-refractivity contribution >= 4 is 11.3 Å². The fraction of sp³-hybridized carbons (Fsp3) is 0.750. The number of rotatable bonds is 6. The molecule has 1 heterocycles. The average molecular weight is 224 g/mol. The molecule has 1 aromatic heterocycles. The van der Waals surface area contributed by atoms with Crippen molar-refractivity contribution in [2.45, 2.75) is 39.2 Å². The second-order valence-electron chi connectivity index (χ2n) is 4.82. The number of hydrogen-bond acceptors (Lipinski definition) is 3. The lowest BCUT2D eigenvalue weighted by Crippen LogP contribution is -2.29. The van der Waals surface area contributed by atoms with E-state index in [1.54, 1.807) is 11.3 Å². The fourth-order valence-electron chi connectivity index (χ4n) is 1.73. The van der Waals surface area contributed by atoms with Gasteiger partial charge in [0.1, 0.15) is 0 Å². The van der Waals surface area contributed by atoms with E-state index in [2.05, 4.69) is 29.5 Å². The summed E-state index contributed by atoms with van der Waals surface area (Å²) < 4.78 is 0. The topological polar surface area (TPSA) is 24.9 Å². The summed E-state index contributed by atoms with van der Waals surface area (Å²) in [5, 5.41) is 6.98. The average Bonchev–Trinajstić information content (AvgIpc) is 2.89. The Hall–Kier alpha value is -0.410. The normalized spacial score (nSPS) is 18.3. The first-order valence-electron chi connectivity index (χ1n) is 5.87. The van der Waals surface area contributed by atoms with E-state index >= 15 is 0 Å². The maximum atomic E-state index is 4.37. The summed E-state index contributed by atoms with van der Waals surface area (Å²) in [6.45, 7) is 5.78. The third-order valence-electron chi connectivity index (χ3n) is 3.11. The predicted octanol–water partition coefficient (Wildman–Crippen LogP) is 2.71. The molecule has 1 unspecified atom stereocenters. The van der Waals surface area contributed by atoms with Gasteiger partial charge in [-0.1, -0.05) is 13.8 Å². The van der Waals surface area contributed by atoms with E-state index in [0.717, 1.165) is 30.8 Å². The molecule has 1 N–H and O–H groups in total. The third kappa shape index (κ3) is 3.58. The van der Waals surface area contributed by atoms with Crippen LogP contribution in [0.25, 0.3) is 0 Å². The van der Waals surface area contributed by atoms with Crippen molar-refractivity contribution in [2.24, 2.45) is 11.8 Å². The van der Waals surface area contributed by atoms with Gasteiger partial charge in [0, 0.05) is 24.0 Å². The van der Waals surface area contributed by atoms with Crippen molar-refractivity contribution in [3.8, 4) is 0 Å². The minimum absolute atomic E-state index is 0.733. The number of aromatic nitrogens is 1. The highest BCUT2D eigenvalue weighted by molar-refractivity contribution is 7.09. The van der Waals surface area contributed by atoms with Gasteiger partial charge in [-0.15, -0.1) is 11.3 Å². The highest BCUT2D eigenvalue weighted by Crippen LogP contribution is 2.22. The molecule has 15 heavy (non-hydrogen) atoms. The Kier molecular flexibility index (Phi) is 3.76. The van der Waals surface area contributed by atoms with Crippen molar-refractivity contribution in [3.63, 3.8) is 0 Å². The maximum absolute atomic E-state index is 4.37. The van der Waals surface area contributed by atoms with Crippen LogP contribution >= 0.6 is 11.3 Å². The lowest BCUT2D eigenvalue weighted by Gasteiger charge is -2.20. The molecule has 1 aliphatic rings. The number of hydrogen-bond donors (Lipinski definition) is 1. The van der Waals surface area contributed by atoms with Gasteiger partial charge in [-0.25, -0.2) is 4.98 Å². The van der Waals surface area contributed by atoms with Gasteiger partial charge in [-0.3, -0.25) is 0 Å². The standard InChI is InChI=1S/C12H20N2S/c1-9(2)10(8-14-11-3-4-11)7-12-13-5-6-15-12/h5-6,9-11,14H,3-4,7-8H2,1-2H3. The monoisotopic (exact) mass is 224 g/mol. The van der Waals surface area contributed by atoms with E-state index in [0.29, 0.717) is 0 Å². The van der Waals surface area contributed by atoms with Gasteiger partial charge in [0.05, 0.1) is 5.01 Å². The summed E-state index contributed by atoms with van der Waals surface area (Å²) >= 11 is 1.78. The van der Waals surface area contributed by atoms with Crippen LogP contribution in [0.15, 0.2) is 11.6 Å². The summed E-state index contributed by atoms with van der Waals surface area (Å²) in [7, 11) is 0. The molecule has 1 saturated carbocycles. The molecule has 0 aromatic carbocycles. The van der Waals surface area contributed by atoms with Crippen LogP contribution in [0.3, 0.4) is 0 Å². The number of nitrogens with zero attached hydrogens (tertiary/aromatic N) is 1. The zero-order valence-electron chi connectivity index (χ0n) is 9.57. The number of thiazole rings is 1. The van der Waals surface area contributed by atoms with E-state index < -0.39 is 0 Å². The molecule has 2 rings (SSSR count).